The average Bonchev–Trinajstić information content (AvgIpc) is 2.36. The van der Waals surface area contributed by atoms with Crippen molar-refractivity contribution in [1.82, 2.24) is 0 Å². The van der Waals surface area contributed by atoms with Crippen molar-refractivity contribution >= 4 is 17.2 Å². The average molecular weight is 167 g/mol. The van der Waals surface area contributed by atoms with Crippen LogP contribution in [0.25, 0.3) is 10.4 Å². The van der Waals surface area contributed by atoms with E-state index in [1.54, 1.807) is 11.4 Å². The van der Waals surface area contributed by atoms with Crippen LogP contribution in [0.3, 0.4) is 0 Å². The molecule has 1 heterocycles. The lowest BCUT2D eigenvalue weighted by Gasteiger charge is -1.88. The van der Waals surface area contributed by atoms with Gasteiger partial charge in [-0.2, -0.15) is 0 Å². The zero-order valence-corrected chi connectivity index (χ0v) is 6.63. The first-order valence-electron chi connectivity index (χ1n) is 2.89. The van der Waals surface area contributed by atoms with Crippen LogP contribution in [-0.4, -0.2) is 5.91 Å². The van der Waals surface area contributed by atoms with E-state index in [1.165, 1.54) is 11.3 Å². The molecule has 0 atom stereocenters. The van der Waals surface area contributed by atoms with Crippen LogP contribution in [0.4, 0.5) is 0 Å². The monoisotopic (exact) mass is 167 g/mol. The number of aryl methyl sites for hydroxylation is 1. The van der Waals surface area contributed by atoms with Crippen LogP contribution in [0.15, 0.2) is 16.6 Å². The summed E-state index contributed by atoms with van der Waals surface area (Å²) in [5.41, 5.74) is 8.46. The lowest BCUT2D eigenvalue weighted by Crippen LogP contribution is -1.91. The highest BCUT2D eigenvalue weighted by molar-refractivity contribution is 7.10. The second-order valence-electron chi connectivity index (χ2n) is 1.89. The van der Waals surface area contributed by atoms with Gasteiger partial charge in [-0.25, -0.2) is 0 Å². The van der Waals surface area contributed by atoms with Crippen LogP contribution in [0.1, 0.15) is 15.2 Å². The van der Waals surface area contributed by atoms with Crippen molar-refractivity contribution < 1.29 is 4.79 Å². The highest BCUT2D eigenvalue weighted by atomic mass is 32.1. The van der Waals surface area contributed by atoms with Crippen LogP contribution in [-0.2, 0) is 0 Å². The number of hydrogen-bond acceptors (Lipinski definition) is 2. The molecule has 0 spiro atoms. The second-order valence-corrected chi connectivity index (χ2v) is 3.01. The first-order valence-corrected chi connectivity index (χ1v) is 3.77. The summed E-state index contributed by atoms with van der Waals surface area (Å²) < 4.78 is 0. The SMILES string of the molecule is Cc1sccc1C(=O)N=[N+]=[N-]. The molecule has 56 valence electrons. The Morgan fingerprint density at radius 3 is 3.00 bits per heavy atom. The molecule has 5 heteroatoms. The lowest BCUT2D eigenvalue weighted by molar-refractivity contribution is 0.100. The second kappa shape index (κ2) is 3.18. The normalized spacial score (nSPS) is 8.82. The maximum absolute atomic E-state index is 10.9. The van der Waals surface area contributed by atoms with Crippen molar-refractivity contribution in [2.75, 3.05) is 0 Å². The summed E-state index contributed by atoms with van der Waals surface area (Å²) in [6.07, 6.45) is 0. The number of thiophene rings is 1. The Bertz CT molecular complexity index is 324. The number of rotatable bonds is 1. The van der Waals surface area contributed by atoms with E-state index in [4.69, 9.17) is 5.53 Å². The van der Waals surface area contributed by atoms with Crippen LogP contribution in [0, 0.1) is 6.92 Å². The molecule has 0 saturated heterocycles. The van der Waals surface area contributed by atoms with Gasteiger partial charge < -0.3 is 0 Å². The molecule has 0 saturated carbocycles. The molecule has 0 unspecified atom stereocenters. The lowest BCUT2D eigenvalue weighted by atomic mass is 10.3. The Morgan fingerprint density at radius 1 is 1.82 bits per heavy atom. The van der Waals surface area contributed by atoms with E-state index in [0.29, 0.717) is 5.56 Å². The Kier molecular flexibility index (Phi) is 2.25. The van der Waals surface area contributed by atoms with E-state index in [2.05, 4.69) is 10.0 Å². The molecule has 4 nitrogen and oxygen atoms in total. The van der Waals surface area contributed by atoms with E-state index in [1.807, 2.05) is 6.92 Å². The summed E-state index contributed by atoms with van der Waals surface area (Å²) in [7, 11) is 0. The summed E-state index contributed by atoms with van der Waals surface area (Å²) in [6, 6.07) is 1.65. The number of carbonyl (C=O) groups is 1. The smallest absolute Gasteiger partial charge is 0.250 e. The zero-order valence-electron chi connectivity index (χ0n) is 5.81. The number of amides is 1. The minimum Gasteiger partial charge on any atom is -0.287 e. The number of hydrogen-bond donors (Lipinski definition) is 0. The molecule has 0 aromatic carbocycles. The Labute approximate surface area is 67.1 Å². The summed E-state index contributed by atoms with van der Waals surface area (Å²) in [5, 5.41) is 4.76. The van der Waals surface area contributed by atoms with Gasteiger partial charge in [0.15, 0.2) is 0 Å². The molecule has 1 aromatic heterocycles. The summed E-state index contributed by atoms with van der Waals surface area (Å²) in [4.78, 5) is 14.2. The van der Waals surface area contributed by atoms with Gasteiger partial charge in [-0.1, -0.05) is 0 Å². The van der Waals surface area contributed by atoms with Gasteiger partial charge >= 0.3 is 0 Å². The first-order chi connectivity index (χ1) is 5.25. The largest absolute Gasteiger partial charge is 0.287 e. The Hall–Kier alpha value is -1.32. The predicted molar refractivity (Wildman–Crippen MR) is 42.5 cm³/mol. The molecule has 0 fully saturated rings. The fourth-order valence-electron chi connectivity index (χ4n) is 0.701. The molecular weight excluding hydrogens is 162 g/mol. The number of azide groups is 1. The van der Waals surface area contributed by atoms with Crippen LogP contribution >= 0.6 is 11.3 Å². The highest BCUT2D eigenvalue weighted by Crippen LogP contribution is 2.15. The van der Waals surface area contributed by atoms with Gasteiger partial charge in [-0.15, -0.1) is 11.3 Å². The van der Waals surface area contributed by atoms with E-state index in [9.17, 15) is 4.79 Å². The zero-order chi connectivity index (χ0) is 8.27. The van der Waals surface area contributed by atoms with Gasteiger partial charge in [0.05, 0.1) is 0 Å². The molecule has 0 bridgehead atoms. The van der Waals surface area contributed by atoms with Gasteiger partial charge in [0.2, 0.25) is 5.91 Å². The van der Waals surface area contributed by atoms with E-state index < -0.39 is 5.91 Å². The van der Waals surface area contributed by atoms with E-state index >= 15 is 0 Å². The van der Waals surface area contributed by atoms with Gasteiger partial charge in [-0.05, 0) is 29.0 Å². The Morgan fingerprint density at radius 2 is 2.55 bits per heavy atom. The first kappa shape index (κ1) is 7.78. The fraction of sp³-hybridized carbons (Fsp3) is 0.167. The third-order valence-electron chi connectivity index (χ3n) is 1.22. The minimum absolute atomic E-state index is 0.493. The topological polar surface area (TPSA) is 65.8 Å². The third-order valence-corrected chi connectivity index (χ3v) is 2.07. The number of carbonyl (C=O) groups excluding carboxylic acids is 1. The summed E-state index contributed by atoms with van der Waals surface area (Å²) in [5.74, 6) is -0.508. The summed E-state index contributed by atoms with van der Waals surface area (Å²) >= 11 is 1.45. The molecule has 0 N–H and O–H groups in total. The standard InChI is InChI=1S/C6H5N3OS/c1-4-5(2-3-11-4)6(10)8-9-7/h2-3H,1H3. The fourth-order valence-corrected chi connectivity index (χ4v) is 1.39. The van der Waals surface area contributed by atoms with Gasteiger partial charge in [0.25, 0.3) is 0 Å². The molecular formula is C6H5N3OS. The van der Waals surface area contributed by atoms with Crippen molar-refractivity contribution in [1.29, 1.82) is 0 Å². The molecule has 1 rings (SSSR count). The Balaban J connectivity index is 3.02. The summed E-state index contributed by atoms with van der Waals surface area (Å²) in [6.45, 7) is 1.81. The third kappa shape index (κ3) is 1.58. The van der Waals surface area contributed by atoms with Gasteiger partial charge in [0.1, 0.15) is 0 Å². The quantitative estimate of drug-likeness (QED) is 0.360. The minimum atomic E-state index is -0.508. The van der Waals surface area contributed by atoms with Crippen molar-refractivity contribution in [3.05, 3.63) is 32.3 Å². The molecule has 0 aliphatic carbocycles. The van der Waals surface area contributed by atoms with E-state index in [0.717, 1.165) is 4.88 Å². The molecule has 0 radical (unpaired) electrons. The van der Waals surface area contributed by atoms with E-state index in [-0.39, 0.29) is 0 Å². The van der Waals surface area contributed by atoms with Crippen LogP contribution in [0.2, 0.25) is 0 Å². The molecule has 1 amide bonds. The predicted octanol–water partition coefficient (Wildman–Crippen LogP) is 2.51. The van der Waals surface area contributed by atoms with Gasteiger partial charge in [-0.3, -0.25) is 4.79 Å². The van der Waals surface area contributed by atoms with Crippen LogP contribution < -0.4 is 0 Å². The molecule has 1 aromatic rings. The highest BCUT2D eigenvalue weighted by Gasteiger charge is 2.06. The molecule has 11 heavy (non-hydrogen) atoms. The van der Waals surface area contributed by atoms with Crippen molar-refractivity contribution in [3.8, 4) is 0 Å². The molecule has 0 aliphatic rings. The number of nitrogens with zero attached hydrogens (tertiary/aromatic N) is 3. The van der Waals surface area contributed by atoms with Crippen LogP contribution in [0.5, 0.6) is 0 Å². The maximum Gasteiger partial charge on any atom is 0.250 e. The van der Waals surface area contributed by atoms with Crippen molar-refractivity contribution in [3.63, 3.8) is 0 Å². The molecule has 0 aliphatic heterocycles. The van der Waals surface area contributed by atoms with Gasteiger partial charge in [0, 0.05) is 15.4 Å². The maximum atomic E-state index is 10.9. The van der Waals surface area contributed by atoms with Crippen molar-refractivity contribution in [2.45, 2.75) is 6.92 Å². The van der Waals surface area contributed by atoms with Crippen molar-refractivity contribution in [2.24, 2.45) is 5.11 Å².